The van der Waals surface area contributed by atoms with Gasteiger partial charge in [0.15, 0.2) is 0 Å². The van der Waals surface area contributed by atoms with Crippen molar-refractivity contribution in [1.82, 2.24) is 4.98 Å². The average Bonchev–Trinajstić information content (AvgIpc) is 2.46. The van der Waals surface area contributed by atoms with E-state index in [0.717, 1.165) is 11.4 Å². The van der Waals surface area contributed by atoms with E-state index in [1.165, 1.54) is 12.1 Å². The van der Waals surface area contributed by atoms with Gasteiger partial charge in [-0.1, -0.05) is 6.07 Å². The fourth-order valence-electron chi connectivity index (χ4n) is 1.72. The number of aromatic nitrogens is 1. The minimum Gasteiger partial charge on any atom is -0.486 e. The molecule has 0 aliphatic carbocycles. The zero-order chi connectivity index (χ0) is 15.4. The van der Waals surface area contributed by atoms with Crippen molar-refractivity contribution >= 4 is 43.4 Å². The molecule has 6 nitrogen and oxygen atoms in total. The Labute approximate surface area is 137 Å². The van der Waals surface area contributed by atoms with Gasteiger partial charge in [-0.05, 0) is 37.9 Å². The monoisotopic (exact) mass is 415 g/mol. The molecule has 0 aliphatic rings. The first kappa shape index (κ1) is 15.7. The molecule has 0 fully saturated rings. The Morgan fingerprint density at radius 1 is 1.38 bits per heavy atom. The van der Waals surface area contributed by atoms with Crippen LogP contribution in [0.25, 0.3) is 0 Å². The van der Waals surface area contributed by atoms with Crippen LogP contribution in [0.4, 0.5) is 11.5 Å². The van der Waals surface area contributed by atoms with E-state index in [1.807, 2.05) is 12.1 Å². The lowest BCUT2D eigenvalue weighted by atomic mass is 10.2. The molecule has 21 heavy (non-hydrogen) atoms. The first-order valence-corrected chi connectivity index (χ1v) is 7.49. The maximum absolute atomic E-state index is 10.8. The lowest BCUT2D eigenvalue weighted by molar-refractivity contribution is -0.385. The van der Waals surface area contributed by atoms with Crippen LogP contribution in [0.1, 0.15) is 5.56 Å². The van der Waals surface area contributed by atoms with Gasteiger partial charge in [0, 0.05) is 30.9 Å². The van der Waals surface area contributed by atoms with Gasteiger partial charge < -0.3 is 10.1 Å². The molecule has 0 unspecified atom stereocenters. The normalized spacial score (nSPS) is 10.2. The highest BCUT2D eigenvalue weighted by molar-refractivity contribution is 9.11. The number of halogens is 2. The maximum atomic E-state index is 10.8. The summed E-state index contributed by atoms with van der Waals surface area (Å²) < 4.78 is 6.76. The largest absolute Gasteiger partial charge is 0.486 e. The second-order valence-electron chi connectivity index (χ2n) is 4.05. The highest BCUT2D eigenvalue weighted by atomic mass is 79.9. The quantitative estimate of drug-likeness (QED) is 0.585. The van der Waals surface area contributed by atoms with E-state index < -0.39 is 4.92 Å². The maximum Gasteiger partial charge on any atom is 0.271 e. The van der Waals surface area contributed by atoms with Crippen LogP contribution < -0.4 is 10.1 Å². The molecule has 1 aromatic heterocycles. The van der Waals surface area contributed by atoms with Crippen molar-refractivity contribution in [1.29, 1.82) is 0 Å². The van der Waals surface area contributed by atoms with Gasteiger partial charge in [0.05, 0.1) is 13.9 Å². The molecule has 0 atom stereocenters. The molecule has 0 bridgehead atoms. The van der Waals surface area contributed by atoms with Crippen molar-refractivity contribution in [3.05, 3.63) is 55.1 Å². The molecule has 1 aromatic carbocycles. The number of anilines is 1. The zero-order valence-corrected chi connectivity index (χ0v) is 14.1. The van der Waals surface area contributed by atoms with E-state index in [0.29, 0.717) is 21.3 Å². The number of ether oxygens (including phenoxy) is 1. The van der Waals surface area contributed by atoms with Crippen molar-refractivity contribution in [2.45, 2.75) is 6.61 Å². The Hall–Kier alpha value is -1.67. The van der Waals surface area contributed by atoms with Crippen LogP contribution in [0.2, 0.25) is 0 Å². The first-order valence-electron chi connectivity index (χ1n) is 5.90. The summed E-state index contributed by atoms with van der Waals surface area (Å²) in [6.07, 6.45) is 1.69. The standard InChI is InChI=1S/C13H11Br2N3O3/c1-16-13-8(3-2-4-17-13)7-21-12-10(14)5-9(18(19)20)6-11(12)15/h2-6H,7H2,1H3,(H,16,17). The van der Waals surface area contributed by atoms with E-state index in [4.69, 9.17) is 4.74 Å². The molecule has 0 radical (unpaired) electrons. The molecule has 0 saturated heterocycles. The SMILES string of the molecule is CNc1ncccc1COc1c(Br)cc([N+](=O)[O-])cc1Br. The average molecular weight is 417 g/mol. The summed E-state index contributed by atoms with van der Waals surface area (Å²) >= 11 is 6.57. The molecule has 0 spiro atoms. The Morgan fingerprint density at radius 3 is 2.62 bits per heavy atom. The van der Waals surface area contributed by atoms with E-state index in [2.05, 4.69) is 42.2 Å². The Kier molecular flexibility index (Phi) is 5.13. The summed E-state index contributed by atoms with van der Waals surface area (Å²) in [5.41, 5.74) is 0.871. The molecule has 0 aliphatic heterocycles. The van der Waals surface area contributed by atoms with Crippen molar-refractivity contribution in [2.75, 3.05) is 12.4 Å². The molecule has 0 amide bonds. The zero-order valence-electron chi connectivity index (χ0n) is 11.0. The van der Waals surface area contributed by atoms with E-state index in [-0.39, 0.29) is 5.69 Å². The van der Waals surface area contributed by atoms with Crippen LogP contribution in [-0.4, -0.2) is 17.0 Å². The van der Waals surface area contributed by atoms with Gasteiger partial charge in [0.2, 0.25) is 0 Å². The molecule has 2 aromatic rings. The molecule has 0 saturated carbocycles. The summed E-state index contributed by atoms with van der Waals surface area (Å²) in [4.78, 5) is 14.5. The topological polar surface area (TPSA) is 77.3 Å². The van der Waals surface area contributed by atoms with Gasteiger partial charge in [-0.3, -0.25) is 10.1 Å². The number of pyridine rings is 1. The number of hydrogen-bond acceptors (Lipinski definition) is 5. The Bertz CT molecular complexity index is 656. The predicted octanol–water partition coefficient (Wildman–Crippen LogP) is 4.14. The van der Waals surface area contributed by atoms with Crippen molar-refractivity contribution in [2.24, 2.45) is 0 Å². The van der Waals surface area contributed by atoms with Gasteiger partial charge in [-0.2, -0.15) is 0 Å². The molecular formula is C13H11Br2N3O3. The third-order valence-corrected chi connectivity index (χ3v) is 3.87. The number of rotatable bonds is 5. The second-order valence-corrected chi connectivity index (χ2v) is 5.75. The fourth-order valence-corrected chi connectivity index (χ4v) is 3.11. The summed E-state index contributed by atoms with van der Waals surface area (Å²) in [7, 11) is 1.78. The molecule has 8 heteroatoms. The summed E-state index contributed by atoms with van der Waals surface area (Å²) in [6, 6.07) is 6.52. The number of non-ortho nitro benzene ring substituents is 1. The van der Waals surface area contributed by atoms with Crippen LogP contribution in [0.15, 0.2) is 39.4 Å². The van der Waals surface area contributed by atoms with Crippen LogP contribution in [0, 0.1) is 10.1 Å². The predicted molar refractivity (Wildman–Crippen MR) is 86.6 cm³/mol. The number of hydrogen-bond donors (Lipinski definition) is 1. The Morgan fingerprint density at radius 2 is 2.05 bits per heavy atom. The highest BCUT2D eigenvalue weighted by Crippen LogP contribution is 2.37. The first-order chi connectivity index (χ1) is 10.0. The van der Waals surface area contributed by atoms with Gasteiger partial charge in [-0.25, -0.2) is 4.98 Å². The third kappa shape index (κ3) is 3.70. The van der Waals surface area contributed by atoms with Crippen LogP contribution >= 0.6 is 31.9 Å². The number of nitrogens with zero attached hydrogens (tertiary/aromatic N) is 2. The summed E-state index contributed by atoms with van der Waals surface area (Å²) in [5.74, 6) is 1.23. The Balaban J connectivity index is 2.22. The number of nitrogens with one attached hydrogen (secondary N) is 1. The summed E-state index contributed by atoms with van der Waals surface area (Å²) in [6.45, 7) is 0.291. The smallest absolute Gasteiger partial charge is 0.271 e. The fraction of sp³-hybridized carbons (Fsp3) is 0.154. The van der Waals surface area contributed by atoms with Crippen LogP contribution in [0.5, 0.6) is 5.75 Å². The van der Waals surface area contributed by atoms with Gasteiger partial charge in [0.1, 0.15) is 18.2 Å². The second kappa shape index (κ2) is 6.86. The molecule has 110 valence electrons. The third-order valence-electron chi connectivity index (χ3n) is 2.69. The molecule has 1 N–H and O–H groups in total. The lowest BCUT2D eigenvalue weighted by Gasteiger charge is -2.12. The number of nitro benzene ring substituents is 1. The van der Waals surface area contributed by atoms with Crippen LogP contribution in [-0.2, 0) is 6.61 Å². The van der Waals surface area contributed by atoms with Gasteiger partial charge in [0.25, 0.3) is 5.69 Å². The van der Waals surface area contributed by atoms with E-state index in [9.17, 15) is 10.1 Å². The molecule has 1 heterocycles. The van der Waals surface area contributed by atoms with Gasteiger partial charge >= 0.3 is 0 Å². The molecular weight excluding hydrogens is 406 g/mol. The molecule has 2 rings (SSSR count). The lowest BCUT2D eigenvalue weighted by Crippen LogP contribution is -2.03. The van der Waals surface area contributed by atoms with Crippen molar-refractivity contribution < 1.29 is 9.66 Å². The van der Waals surface area contributed by atoms with Crippen molar-refractivity contribution in [3.63, 3.8) is 0 Å². The number of benzene rings is 1. The minimum absolute atomic E-state index is 0.0154. The number of nitro groups is 1. The summed E-state index contributed by atoms with van der Waals surface area (Å²) in [5, 5.41) is 13.8. The minimum atomic E-state index is -0.459. The van der Waals surface area contributed by atoms with Crippen LogP contribution in [0.3, 0.4) is 0 Å². The highest BCUT2D eigenvalue weighted by Gasteiger charge is 2.15. The van der Waals surface area contributed by atoms with E-state index in [1.54, 1.807) is 13.2 Å². The van der Waals surface area contributed by atoms with E-state index >= 15 is 0 Å². The van der Waals surface area contributed by atoms with Crippen molar-refractivity contribution in [3.8, 4) is 5.75 Å². The van der Waals surface area contributed by atoms with Gasteiger partial charge in [-0.15, -0.1) is 0 Å².